The quantitative estimate of drug-likeness (QED) is 0.810. The van der Waals surface area contributed by atoms with Gasteiger partial charge in [0, 0.05) is 18.1 Å². The summed E-state index contributed by atoms with van der Waals surface area (Å²) in [4.78, 5) is 6.96. The predicted molar refractivity (Wildman–Crippen MR) is 79.9 cm³/mol. The van der Waals surface area contributed by atoms with E-state index in [1.165, 1.54) is 13.0 Å². The molecule has 0 amide bonds. The van der Waals surface area contributed by atoms with E-state index >= 15 is 0 Å². The van der Waals surface area contributed by atoms with E-state index in [0.29, 0.717) is 11.8 Å². The second-order valence-corrected chi connectivity index (χ2v) is 6.03. The van der Waals surface area contributed by atoms with Crippen molar-refractivity contribution >= 4 is 34.2 Å². The van der Waals surface area contributed by atoms with Crippen LogP contribution in [0.15, 0.2) is 18.2 Å². The Bertz CT molecular complexity index is 594. The van der Waals surface area contributed by atoms with Crippen molar-refractivity contribution < 1.29 is 0 Å². The van der Waals surface area contributed by atoms with Crippen molar-refractivity contribution in [2.75, 3.05) is 20.1 Å². The standard InChI is InChI=1S/C14H17Cl2N3/c1-18-5-4-10(8-18)9-19-13-3-2-11(16)6-12(13)17-14(19)7-15/h2-3,6,10H,4-5,7-9H2,1H3. The first-order chi connectivity index (χ1) is 9.17. The van der Waals surface area contributed by atoms with Crippen molar-refractivity contribution in [2.24, 2.45) is 5.92 Å². The Balaban J connectivity index is 1.96. The van der Waals surface area contributed by atoms with Crippen LogP contribution in [0.2, 0.25) is 5.02 Å². The number of benzene rings is 1. The third kappa shape index (κ3) is 2.60. The largest absolute Gasteiger partial charge is 0.327 e. The molecule has 0 aliphatic carbocycles. The average molecular weight is 298 g/mol. The maximum Gasteiger partial charge on any atom is 0.124 e. The Kier molecular flexibility index (Phi) is 3.70. The molecule has 0 saturated carbocycles. The maximum absolute atomic E-state index is 6.03. The molecule has 102 valence electrons. The fourth-order valence-corrected chi connectivity index (χ4v) is 3.26. The number of halogens is 2. The predicted octanol–water partition coefficient (Wildman–Crippen LogP) is 3.38. The third-order valence-corrected chi connectivity index (χ3v) is 4.31. The van der Waals surface area contributed by atoms with Crippen LogP contribution in [0.4, 0.5) is 0 Å². The van der Waals surface area contributed by atoms with Gasteiger partial charge in [0.15, 0.2) is 0 Å². The van der Waals surface area contributed by atoms with Gasteiger partial charge in [-0.2, -0.15) is 0 Å². The summed E-state index contributed by atoms with van der Waals surface area (Å²) in [6.07, 6.45) is 1.24. The maximum atomic E-state index is 6.03. The van der Waals surface area contributed by atoms with Crippen LogP contribution in [-0.2, 0) is 12.4 Å². The zero-order valence-electron chi connectivity index (χ0n) is 10.9. The molecule has 1 saturated heterocycles. The first-order valence-corrected chi connectivity index (χ1v) is 7.48. The van der Waals surface area contributed by atoms with Gasteiger partial charge < -0.3 is 9.47 Å². The average Bonchev–Trinajstić information content (AvgIpc) is 2.94. The fraction of sp³-hybridized carbons (Fsp3) is 0.500. The summed E-state index contributed by atoms with van der Waals surface area (Å²) in [6, 6.07) is 5.87. The molecule has 1 aliphatic rings. The molecule has 1 fully saturated rings. The number of rotatable bonds is 3. The minimum Gasteiger partial charge on any atom is -0.327 e. The summed E-state index contributed by atoms with van der Waals surface area (Å²) in [5, 5.41) is 0.721. The molecule has 0 bridgehead atoms. The zero-order valence-corrected chi connectivity index (χ0v) is 12.5. The van der Waals surface area contributed by atoms with Gasteiger partial charge in [0.05, 0.1) is 16.9 Å². The van der Waals surface area contributed by atoms with Crippen LogP contribution in [0.25, 0.3) is 11.0 Å². The molecular formula is C14H17Cl2N3. The number of hydrogen-bond acceptors (Lipinski definition) is 2. The molecule has 1 aromatic carbocycles. The number of imidazole rings is 1. The Labute approximate surface area is 123 Å². The van der Waals surface area contributed by atoms with Crippen molar-refractivity contribution in [3.05, 3.63) is 29.0 Å². The highest BCUT2D eigenvalue weighted by Gasteiger charge is 2.22. The number of aromatic nitrogens is 2. The lowest BCUT2D eigenvalue weighted by Crippen LogP contribution is -2.17. The van der Waals surface area contributed by atoms with Crippen molar-refractivity contribution in [3.8, 4) is 0 Å². The van der Waals surface area contributed by atoms with Crippen molar-refractivity contribution in [2.45, 2.75) is 18.8 Å². The summed E-state index contributed by atoms with van der Waals surface area (Å²) in [7, 11) is 2.17. The lowest BCUT2D eigenvalue weighted by Gasteiger charge is -2.14. The third-order valence-electron chi connectivity index (χ3n) is 3.84. The first kappa shape index (κ1) is 13.2. The summed E-state index contributed by atoms with van der Waals surface area (Å²) < 4.78 is 2.25. The minimum absolute atomic E-state index is 0.439. The Morgan fingerprint density at radius 1 is 1.42 bits per heavy atom. The lowest BCUT2D eigenvalue weighted by atomic mass is 10.1. The van der Waals surface area contributed by atoms with Crippen LogP contribution >= 0.6 is 23.2 Å². The molecule has 0 spiro atoms. The molecule has 1 aromatic heterocycles. The smallest absolute Gasteiger partial charge is 0.124 e. The van der Waals surface area contributed by atoms with Crippen LogP contribution in [0.1, 0.15) is 12.2 Å². The highest BCUT2D eigenvalue weighted by Crippen LogP contribution is 2.25. The summed E-state index contributed by atoms with van der Waals surface area (Å²) in [5.41, 5.74) is 2.07. The molecule has 1 aliphatic heterocycles. The molecular weight excluding hydrogens is 281 g/mol. The first-order valence-electron chi connectivity index (χ1n) is 6.56. The Morgan fingerprint density at radius 2 is 2.26 bits per heavy atom. The second kappa shape index (κ2) is 5.31. The molecule has 3 rings (SSSR count). The van der Waals surface area contributed by atoms with Gasteiger partial charge in [-0.25, -0.2) is 4.98 Å². The molecule has 2 heterocycles. The SMILES string of the molecule is CN1CCC(Cn2c(CCl)nc3cc(Cl)ccc32)C1. The Hall–Kier alpha value is -0.770. The van der Waals surface area contributed by atoms with E-state index in [2.05, 4.69) is 21.5 Å². The van der Waals surface area contributed by atoms with E-state index in [1.807, 2.05) is 18.2 Å². The van der Waals surface area contributed by atoms with Gasteiger partial charge in [0.25, 0.3) is 0 Å². The van der Waals surface area contributed by atoms with Crippen LogP contribution < -0.4 is 0 Å². The number of nitrogens with zero attached hydrogens (tertiary/aromatic N) is 3. The van der Waals surface area contributed by atoms with Gasteiger partial charge in [0.1, 0.15) is 5.82 Å². The highest BCUT2D eigenvalue weighted by atomic mass is 35.5. The number of likely N-dealkylation sites (tertiary alicyclic amines) is 1. The monoisotopic (exact) mass is 297 g/mol. The number of alkyl halides is 1. The molecule has 1 unspecified atom stereocenters. The van der Waals surface area contributed by atoms with Crippen LogP contribution in [0.5, 0.6) is 0 Å². The van der Waals surface area contributed by atoms with Gasteiger partial charge in [-0.15, -0.1) is 11.6 Å². The van der Waals surface area contributed by atoms with Gasteiger partial charge in [-0.1, -0.05) is 11.6 Å². The number of fused-ring (bicyclic) bond motifs is 1. The van der Waals surface area contributed by atoms with Gasteiger partial charge in [0.2, 0.25) is 0 Å². The van der Waals surface area contributed by atoms with Crippen molar-refractivity contribution in [1.82, 2.24) is 14.5 Å². The van der Waals surface area contributed by atoms with E-state index in [-0.39, 0.29) is 0 Å². The van der Waals surface area contributed by atoms with Gasteiger partial charge in [-0.05, 0) is 44.1 Å². The molecule has 19 heavy (non-hydrogen) atoms. The summed E-state index contributed by atoms with van der Waals surface area (Å²) >= 11 is 12.1. The molecule has 1 atom stereocenters. The molecule has 5 heteroatoms. The zero-order chi connectivity index (χ0) is 13.4. The second-order valence-electron chi connectivity index (χ2n) is 5.32. The van der Waals surface area contributed by atoms with E-state index in [0.717, 1.165) is 35.0 Å². The van der Waals surface area contributed by atoms with E-state index in [9.17, 15) is 0 Å². The lowest BCUT2D eigenvalue weighted by molar-refractivity contribution is 0.378. The number of hydrogen-bond donors (Lipinski definition) is 0. The topological polar surface area (TPSA) is 21.1 Å². The normalized spacial score (nSPS) is 20.5. The Morgan fingerprint density at radius 3 is 2.95 bits per heavy atom. The summed E-state index contributed by atoms with van der Waals surface area (Å²) in [6.45, 7) is 3.32. The minimum atomic E-state index is 0.439. The molecule has 0 radical (unpaired) electrons. The van der Waals surface area contributed by atoms with Gasteiger partial charge in [-0.3, -0.25) is 0 Å². The molecule has 3 nitrogen and oxygen atoms in total. The molecule has 2 aromatic rings. The van der Waals surface area contributed by atoms with Crippen LogP contribution in [0, 0.1) is 5.92 Å². The van der Waals surface area contributed by atoms with Crippen LogP contribution in [-0.4, -0.2) is 34.6 Å². The van der Waals surface area contributed by atoms with E-state index in [4.69, 9.17) is 23.2 Å². The highest BCUT2D eigenvalue weighted by molar-refractivity contribution is 6.31. The van der Waals surface area contributed by atoms with Crippen molar-refractivity contribution in [1.29, 1.82) is 0 Å². The fourth-order valence-electron chi connectivity index (χ4n) is 2.89. The van der Waals surface area contributed by atoms with E-state index < -0.39 is 0 Å². The van der Waals surface area contributed by atoms with E-state index in [1.54, 1.807) is 0 Å². The van der Waals surface area contributed by atoms with Gasteiger partial charge >= 0.3 is 0 Å². The summed E-state index contributed by atoms with van der Waals surface area (Å²) in [5.74, 6) is 2.06. The molecule has 0 N–H and O–H groups in total. The van der Waals surface area contributed by atoms with Crippen LogP contribution in [0.3, 0.4) is 0 Å². The van der Waals surface area contributed by atoms with Crippen molar-refractivity contribution in [3.63, 3.8) is 0 Å².